The highest BCUT2D eigenvalue weighted by molar-refractivity contribution is 5.92. The molecule has 0 aromatic carbocycles. The summed E-state index contributed by atoms with van der Waals surface area (Å²) in [4.78, 5) is 25.4. The Kier molecular flexibility index (Phi) is 3.36. The van der Waals surface area contributed by atoms with Crippen molar-refractivity contribution < 1.29 is 4.79 Å². The van der Waals surface area contributed by atoms with Gasteiger partial charge in [-0.2, -0.15) is 5.10 Å². The van der Waals surface area contributed by atoms with Gasteiger partial charge in [-0.15, -0.1) is 0 Å². The van der Waals surface area contributed by atoms with Crippen molar-refractivity contribution in [1.82, 2.24) is 15.1 Å². The lowest BCUT2D eigenvalue weighted by atomic mass is 9.96. The molecule has 1 N–H and O–H groups in total. The number of H-pyrrole nitrogens is 1. The number of rotatable bonds is 2. The fourth-order valence-electron chi connectivity index (χ4n) is 3.49. The summed E-state index contributed by atoms with van der Waals surface area (Å²) in [6.45, 7) is 0.820. The summed E-state index contributed by atoms with van der Waals surface area (Å²) < 4.78 is 0. The monoisotopic (exact) mass is 261 g/mol. The first kappa shape index (κ1) is 12.4. The molecule has 0 unspecified atom stereocenters. The van der Waals surface area contributed by atoms with Gasteiger partial charge in [0.15, 0.2) is 0 Å². The van der Waals surface area contributed by atoms with E-state index in [-0.39, 0.29) is 11.5 Å². The zero-order chi connectivity index (χ0) is 13.2. The van der Waals surface area contributed by atoms with E-state index in [0.29, 0.717) is 17.7 Å². The van der Waals surface area contributed by atoms with Crippen molar-refractivity contribution in [3.63, 3.8) is 0 Å². The van der Waals surface area contributed by atoms with Gasteiger partial charge in [0.05, 0.1) is 0 Å². The predicted molar refractivity (Wildman–Crippen MR) is 70.9 cm³/mol. The largest absolute Gasteiger partial charge is 0.334 e. The average Bonchev–Trinajstić information content (AvgIpc) is 3.09. The van der Waals surface area contributed by atoms with Crippen LogP contribution in [0.15, 0.2) is 16.9 Å². The van der Waals surface area contributed by atoms with Crippen LogP contribution in [-0.4, -0.2) is 33.6 Å². The third-order valence-corrected chi connectivity index (χ3v) is 4.40. The van der Waals surface area contributed by atoms with Crippen molar-refractivity contribution in [3.05, 3.63) is 28.2 Å². The van der Waals surface area contributed by atoms with E-state index in [4.69, 9.17) is 0 Å². The van der Waals surface area contributed by atoms with E-state index in [1.54, 1.807) is 0 Å². The minimum atomic E-state index is -0.273. The van der Waals surface area contributed by atoms with Gasteiger partial charge in [-0.25, -0.2) is 5.10 Å². The van der Waals surface area contributed by atoms with Crippen LogP contribution in [0.2, 0.25) is 0 Å². The Morgan fingerprint density at radius 2 is 2.00 bits per heavy atom. The Morgan fingerprint density at radius 1 is 1.21 bits per heavy atom. The molecular weight excluding hydrogens is 242 g/mol. The van der Waals surface area contributed by atoms with Gasteiger partial charge in [-0.1, -0.05) is 12.8 Å². The second-order valence-electron chi connectivity index (χ2n) is 5.56. The molecule has 1 aliphatic carbocycles. The molecule has 5 nitrogen and oxygen atoms in total. The number of carbonyl (C=O) groups excluding carboxylic acids is 1. The van der Waals surface area contributed by atoms with Crippen molar-refractivity contribution in [2.45, 2.75) is 44.6 Å². The maximum Gasteiger partial charge on any atom is 0.274 e. The molecule has 0 bridgehead atoms. The number of amides is 1. The highest BCUT2D eigenvalue weighted by Crippen LogP contribution is 2.35. The number of hydrogen-bond acceptors (Lipinski definition) is 3. The lowest BCUT2D eigenvalue weighted by Crippen LogP contribution is -2.40. The van der Waals surface area contributed by atoms with Crippen LogP contribution >= 0.6 is 0 Å². The van der Waals surface area contributed by atoms with E-state index in [2.05, 4.69) is 10.2 Å². The SMILES string of the molecule is O=C(c1ccc(=O)[nH]n1)N1CCC[C@@H]1C1CCCC1. The molecule has 1 aromatic rings. The molecule has 2 aliphatic rings. The Labute approximate surface area is 112 Å². The molecule has 1 saturated carbocycles. The minimum absolute atomic E-state index is 0.0364. The fraction of sp³-hybridized carbons (Fsp3) is 0.643. The lowest BCUT2D eigenvalue weighted by molar-refractivity contribution is 0.0681. The molecule has 1 saturated heterocycles. The summed E-state index contributed by atoms with van der Waals surface area (Å²) in [5.74, 6) is 0.625. The van der Waals surface area contributed by atoms with Crippen LogP contribution in [0, 0.1) is 5.92 Å². The quantitative estimate of drug-likeness (QED) is 0.878. The molecule has 0 radical (unpaired) electrons. The fourth-order valence-corrected chi connectivity index (χ4v) is 3.49. The van der Waals surface area contributed by atoms with Gasteiger partial charge >= 0.3 is 0 Å². The third-order valence-electron chi connectivity index (χ3n) is 4.40. The Balaban J connectivity index is 1.78. The number of aromatic nitrogens is 2. The van der Waals surface area contributed by atoms with E-state index in [0.717, 1.165) is 19.4 Å². The highest BCUT2D eigenvalue weighted by atomic mass is 16.2. The first-order chi connectivity index (χ1) is 9.25. The van der Waals surface area contributed by atoms with Crippen LogP contribution < -0.4 is 5.56 Å². The molecule has 1 aliphatic heterocycles. The van der Waals surface area contributed by atoms with Gasteiger partial charge in [-0.05, 0) is 37.7 Å². The molecule has 19 heavy (non-hydrogen) atoms. The maximum atomic E-state index is 12.5. The van der Waals surface area contributed by atoms with Gasteiger partial charge in [0.2, 0.25) is 0 Å². The molecule has 102 valence electrons. The smallest absolute Gasteiger partial charge is 0.274 e. The molecule has 1 atom stereocenters. The third kappa shape index (κ3) is 2.41. The summed E-state index contributed by atoms with van der Waals surface area (Å²) in [6, 6.07) is 3.26. The number of nitrogens with zero attached hydrogens (tertiary/aromatic N) is 2. The molecule has 1 amide bonds. The molecule has 2 heterocycles. The number of carbonyl (C=O) groups is 1. The number of nitrogens with one attached hydrogen (secondary N) is 1. The molecule has 5 heteroatoms. The Morgan fingerprint density at radius 3 is 2.68 bits per heavy atom. The summed E-state index contributed by atoms with van der Waals surface area (Å²) >= 11 is 0. The summed E-state index contributed by atoms with van der Waals surface area (Å²) in [7, 11) is 0. The predicted octanol–water partition coefficient (Wildman–Crippen LogP) is 1.56. The van der Waals surface area contributed by atoms with Gasteiger partial charge in [0.25, 0.3) is 11.5 Å². The lowest BCUT2D eigenvalue weighted by Gasteiger charge is -2.29. The number of aromatic amines is 1. The van der Waals surface area contributed by atoms with E-state index in [1.165, 1.54) is 37.8 Å². The molecule has 2 fully saturated rings. The van der Waals surface area contributed by atoms with Gasteiger partial charge in [0.1, 0.15) is 5.69 Å². The second-order valence-corrected chi connectivity index (χ2v) is 5.56. The van der Waals surface area contributed by atoms with Gasteiger partial charge in [-0.3, -0.25) is 9.59 Å². The number of likely N-dealkylation sites (tertiary alicyclic amines) is 1. The highest BCUT2D eigenvalue weighted by Gasteiger charge is 2.36. The molecular formula is C14H19N3O2. The first-order valence-corrected chi connectivity index (χ1v) is 7.12. The standard InChI is InChI=1S/C14H19N3O2/c18-13-8-7-11(15-16-13)14(19)17-9-3-6-12(17)10-4-1-2-5-10/h7-8,10,12H,1-6,9H2,(H,16,18)/t12-/m1/s1. The van der Waals surface area contributed by atoms with Crippen LogP contribution in [0.1, 0.15) is 49.0 Å². The Hall–Kier alpha value is -1.65. The minimum Gasteiger partial charge on any atom is -0.334 e. The summed E-state index contributed by atoms with van der Waals surface area (Å²) in [6.07, 6.45) is 7.26. The van der Waals surface area contributed by atoms with Crippen molar-refractivity contribution in [1.29, 1.82) is 0 Å². The zero-order valence-corrected chi connectivity index (χ0v) is 11.0. The normalized spacial score (nSPS) is 24.0. The summed E-state index contributed by atoms with van der Waals surface area (Å²) in [5.41, 5.74) is 0.0785. The van der Waals surface area contributed by atoms with Crippen molar-refractivity contribution in [2.75, 3.05) is 6.54 Å². The van der Waals surface area contributed by atoms with E-state index >= 15 is 0 Å². The van der Waals surface area contributed by atoms with E-state index in [1.807, 2.05) is 4.90 Å². The average molecular weight is 261 g/mol. The van der Waals surface area contributed by atoms with Gasteiger partial charge < -0.3 is 4.90 Å². The van der Waals surface area contributed by atoms with E-state index in [9.17, 15) is 9.59 Å². The summed E-state index contributed by atoms with van der Waals surface area (Å²) in [5, 5.41) is 6.19. The zero-order valence-electron chi connectivity index (χ0n) is 11.0. The van der Waals surface area contributed by atoms with Crippen LogP contribution in [0.3, 0.4) is 0 Å². The Bertz CT molecular complexity index is 499. The molecule has 3 rings (SSSR count). The maximum absolute atomic E-state index is 12.5. The second kappa shape index (κ2) is 5.15. The van der Waals surface area contributed by atoms with Crippen molar-refractivity contribution in [3.8, 4) is 0 Å². The first-order valence-electron chi connectivity index (χ1n) is 7.12. The van der Waals surface area contributed by atoms with Crippen LogP contribution in [-0.2, 0) is 0 Å². The van der Waals surface area contributed by atoms with Crippen LogP contribution in [0.5, 0.6) is 0 Å². The van der Waals surface area contributed by atoms with Crippen molar-refractivity contribution >= 4 is 5.91 Å². The van der Waals surface area contributed by atoms with Crippen molar-refractivity contribution in [2.24, 2.45) is 5.92 Å². The molecule has 1 aromatic heterocycles. The topological polar surface area (TPSA) is 66.1 Å². The number of hydrogen-bond donors (Lipinski definition) is 1. The van der Waals surface area contributed by atoms with E-state index < -0.39 is 0 Å². The molecule has 0 spiro atoms. The van der Waals surface area contributed by atoms with Crippen LogP contribution in [0.25, 0.3) is 0 Å². The van der Waals surface area contributed by atoms with Crippen LogP contribution in [0.4, 0.5) is 0 Å². The van der Waals surface area contributed by atoms with Gasteiger partial charge in [0, 0.05) is 18.7 Å².